The van der Waals surface area contributed by atoms with E-state index in [1.165, 1.54) is 12.8 Å². The molecule has 1 aromatic heterocycles. The number of nitrogens with zero attached hydrogens (tertiary/aromatic N) is 2. The number of aliphatic hydroxyl groups excluding tert-OH is 2. The van der Waals surface area contributed by atoms with Gasteiger partial charge in [0.15, 0.2) is 0 Å². The second kappa shape index (κ2) is 16.3. The van der Waals surface area contributed by atoms with Gasteiger partial charge < -0.3 is 14.8 Å². The molecule has 6 rings (SSSR count). The Labute approximate surface area is 278 Å². The Hall–Kier alpha value is -2.30. The molecule has 2 N–H and O–H groups in total. The summed E-state index contributed by atoms with van der Waals surface area (Å²) in [5.74, 6) is 3.67. The summed E-state index contributed by atoms with van der Waals surface area (Å²) in [4.78, 5) is 4.79. The third kappa shape index (κ3) is 7.23. The minimum atomic E-state index is -0.285. The number of hydrogen-bond donors (Lipinski definition) is 2. The molecule has 0 saturated heterocycles. The van der Waals surface area contributed by atoms with Crippen molar-refractivity contribution in [3.05, 3.63) is 84.9 Å². The number of fused-ring (bicyclic) bond motifs is 2. The van der Waals surface area contributed by atoms with Gasteiger partial charge in [0.05, 0.1) is 29.1 Å². The average Bonchev–Trinajstić information content (AvgIpc) is 3.55. The number of hydrogen-bond acceptors (Lipinski definition) is 3. The van der Waals surface area contributed by atoms with E-state index in [0.717, 1.165) is 66.6 Å². The quantitative estimate of drug-likeness (QED) is 0.176. The van der Waals surface area contributed by atoms with Crippen LogP contribution in [0.3, 0.4) is 0 Å². The van der Waals surface area contributed by atoms with Crippen molar-refractivity contribution in [1.29, 1.82) is 0 Å². The molecule has 6 atom stereocenters. The summed E-state index contributed by atoms with van der Waals surface area (Å²) in [5.41, 5.74) is 4.21. The van der Waals surface area contributed by atoms with Crippen molar-refractivity contribution in [2.75, 3.05) is 0 Å². The second-order valence-electron chi connectivity index (χ2n) is 12.8. The van der Waals surface area contributed by atoms with E-state index in [-0.39, 0.29) is 38.2 Å². The van der Waals surface area contributed by atoms with E-state index in [9.17, 15) is 10.2 Å². The molecule has 0 bridgehead atoms. The second-order valence-corrected chi connectivity index (χ2v) is 12.8. The summed E-state index contributed by atoms with van der Waals surface area (Å²) in [6.07, 6.45) is 8.81. The monoisotopic (exact) mass is 772 g/mol. The van der Waals surface area contributed by atoms with Crippen LogP contribution in [-0.2, 0) is 20.1 Å². The predicted octanol–water partition coefficient (Wildman–Crippen LogP) is 9.12. The molecule has 2 aliphatic carbocycles. The van der Waals surface area contributed by atoms with Crippen LogP contribution in [0, 0.1) is 41.6 Å². The fourth-order valence-corrected chi connectivity index (χ4v) is 8.43. The maximum atomic E-state index is 11.1. The molecule has 2 saturated carbocycles. The van der Waals surface area contributed by atoms with Gasteiger partial charge in [-0.3, -0.25) is 4.98 Å². The maximum absolute atomic E-state index is 11.1. The zero-order chi connectivity index (χ0) is 30.3. The number of aliphatic hydroxyl groups is 2. The van der Waals surface area contributed by atoms with Gasteiger partial charge in [-0.05, 0) is 73.1 Å². The van der Waals surface area contributed by atoms with Gasteiger partial charge in [0.25, 0.3) is 0 Å². The fourth-order valence-electron chi connectivity index (χ4n) is 8.43. The first kappa shape index (κ1) is 34.6. The molecule has 3 aromatic carbocycles. The number of rotatable bonds is 8. The van der Waals surface area contributed by atoms with Gasteiger partial charge in [-0.2, -0.15) is 0 Å². The molecular formula is C39H51IrN2O2-. The Balaban J connectivity index is 0.000000196. The topological polar surface area (TPSA) is 58.3 Å². The van der Waals surface area contributed by atoms with Crippen LogP contribution in [-0.4, -0.2) is 32.0 Å². The van der Waals surface area contributed by atoms with Gasteiger partial charge in [0.2, 0.25) is 0 Å². The molecule has 44 heavy (non-hydrogen) atoms. The van der Waals surface area contributed by atoms with E-state index in [1.54, 1.807) is 0 Å². The zero-order valence-corrected chi connectivity index (χ0v) is 29.3. The number of aromatic nitrogens is 2. The van der Waals surface area contributed by atoms with E-state index in [1.807, 2.05) is 60.7 Å². The molecule has 1 heterocycles. The molecule has 2 fully saturated rings. The van der Waals surface area contributed by atoms with E-state index >= 15 is 0 Å². The summed E-state index contributed by atoms with van der Waals surface area (Å²) < 4.78 is 2.18. The summed E-state index contributed by atoms with van der Waals surface area (Å²) in [6.45, 7) is 9.00. The van der Waals surface area contributed by atoms with Crippen LogP contribution in [0.1, 0.15) is 79.1 Å². The molecular weight excluding hydrogens is 721 g/mol. The summed E-state index contributed by atoms with van der Waals surface area (Å²) in [6, 6.07) is 29.7. The molecule has 0 spiro atoms. The minimum absolute atomic E-state index is 0. The van der Waals surface area contributed by atoms with E-state index in [2.05, 4.69) is 56.5 Å². The van der Waals surface area contributed by atoms with Crippen LogP contribution >= 0.6 is 0 Å². The molecule has 1 radical (unpaired) electrons. The van der Waals surface area contributed by atoms with Gasteiger partial charge in [-0.1, -0.05) is 90.1 Å². The summed E-state index contributed by atoms with van der Waals surface area (Å²) in [7, 11) is 0. The van der Waals surface area contributed by atoms with Crippen molar-refractivity contribution in [2.45, 2.75) is 91.3 Å². The summed E-state index contributed by atoms with van der Waals surface area (Å²) in [5, 5.41) is 22.1. The Morgan fingerprint density at radius 2 is 1.39 bits per heavy atom. The van der Waals surface area contributed by atoms with E-state index < -0.39 is 0 Å². The average molecular weight is 772 g/mol. The molecule has 239 valence electrons. The maximum Gasteiger partial charge on any atom is 0.0774 e. The molecule has 0 amide bonds. The Morgan fingerprint density at radius 1 is 0.773 bits per heavy atom. The first-order valence-electron chi connectivity index (χ1n) is 16.9. The first-order chi connectivity index (χ1) is 21.0. The van der Waals surface area contributed by atoms with Gasteiger partial charge in [0.1, 0.15) is 0 Å². The van der Waals surface area contributed by atoms with Crippen molar-refractivity contribution in [3.63, 3.8) is 0 Å². The van der Waals surface area contributed by atoms with Crippen molar-refractivity contribution in [2.24, 2.45) is 35.5 Å². The van der Waals surface area contributed by atoms with Crippen molar-refractivity contribution < 1.29 is 30.3 Å². The molecule has 4 unspecified atom stereocenters. The van der Waals surface area contributed by atoms with Gasteiger partial charge >= 0.3 is 0 Å². The SMILES string of the molecule is CCC(CC)[C@H]1CCCC2C[C@@H](C(CC)CC)C(O)C2C1O.[Ir].[c-]1ccccc1-c1nc2ccccc2n1-c1ccccc1. The fraction of sp³-hybridized carbons (Fsp3) is 0.513. The predicted molar refractivity (Wildman–Crippen MR) is 178 cm³/mol. The van der Waals surface area contributed by atoms with Crippen LogP contribution in [0.4, 0.5) is 0 Å². The summed E-state index contributed by atoms with van der Waals surface area (Å²) >= 11 is 0. The van der Waals surface area contributed by atoms with Crippen LogP contribution < -0.4 is 0 Å². The molecule has 4 aromatic rings. The van der Waals surface area contributed by atoms with Crippen LogP contribution in [0.2, 0.25) is 0 Å². The Morgan fingerprint density at radius 3 is 2.05 bits per heavy atom. The third-order valence-electron chi connectivity index (χ3n) is 10.7. The third-order valence-corrected chi connectivity index (χ3v) is 10.7. The standard InChI is InChI=1S/C20H38O2.C19H13N2.Ir/c1-5-13(6-2)16-11-9-10-15-12-17(14(7-3)8-4)20(22)18(15)19(16)21;1-3-9-15(10-4-1)19-20-17-13-7-8-14-18(17)21(19)16-11-5-2-6-12-16;/h13-22H,5-12H2,1-4H3;1-9,11-14H;/q;-1;/t15?,16-,17+,18?,19?,20?;;/m1../s1. The zero-order valence-electron chi connectivity index (χ0n) is 26.9. The first-order valence-corrected chi connectivity index (χ1v) is 16.9. The smallest absolute Gasteiger partial charge is 0.0774 e. The minimum Gasteiger partial charge on any atom is -0.392 e. The van der Waals surface area contributed by atoms with Crippen molar-refractivity contribution in [1.82, 2.24) is 9.55 Å². The number of para-hydroxylation sites is 3. The largest absolute Gasteiger partial charge is 0.392 e. The Bertz CT molecular complexity index is 1400. The van der Waals surface area contributed by atoms with E-state index in [4.69, 9.17) is 4.98 Å². The van der Waals surface area contributed by atoms with Gasteiger partial charge in [-0.15, -0.1) is 35.9 Å². The molecule has 4 nitrogen and oxygen atoms in total. The number of imidazole rings is 1. The van der Waals surface area contributed by atoms with Gasteiger partial charge in [0, 0.05) is 31.7 Å². The van der Waals surface area contributed by atoms with E-state index in [0.29, 0.717) is 29.6 Å². The van der Waals surface area contributed by atoms with Crippen molar-refractivity contribution in [3.8, 4) is 17.1 Å². The van der Waals surface area contributed by atoms with Crippen LogP contribution in [0.5, 0.6) is 0 Å². The normalized spacial score (nSPS) is 24.8. The van der Waals surface area contributed by atoms with Crippen molar-refractivity contribution >= 4 is 11.0 Å². The molecule has 5 heteroatoms. The number of benzene rings is 3. The van der Waals surface area contributed by atoms with Gasteiger partial charge in [-0.25, -0.2) is 0 Å². The van der Waals surface area contributed by atoms with Crippen LogP contribution in [0.15, 0.2) is 78.9 Å². The Kier molecular flexibility index (Phi) is 12.8. The van der Waals surface area contributed by atoms with Crippen LogP contribution in [0.25, 0.3) is 28.1 Å². The molecule has 2 aliphatic rings. The molecule has 0 aliphatic heterocycles.